The summed E-state index contributed by atoms with van der Waals surface area (Å²) in [7, 11) is 1.58. The zero-order chi connectivity index (χ0) is 14.5. The Morgan fingerprint density at radius 2 is 1.95 bits per heavy atom. The first-order chi connectivity index (χ1) is 9.61. The lowest BCUT2D eigenvalue weighted by atomic mass is 10.1. The minimum Gasteiger partial charge on any atom is -0.497 e. The van der Waals surface area contributed by atoms with Gasteiger partial charge in [0.25, 0.3) is 0 Å². The summed E-state index contributed by atoms with van der Waals surface area (Å²) < 4.78 is 5.99. The van der Waals surface area contributed by atoms with Crippen LogP contribution in [0.15, 0.2) is 53.0 Å². The Balaban J connectivity index is 2.36. The molecule has 2 aromatic carbocycles. The number of carbonyl (C=O) groups is 1. The number of ether oxygens (including phenoxy) is 1. The molecule has 0 aliphatic rings. The smallest absolute Gasteiger partial charge is 0.244 e. The van der Waals surface area contributed by atoms with Crippen LogP contribution in [-0.4, -0.2) is 13.0 Å². The fraction of sp³-hybridized carbons (Fsp3) is 0.133. The van der Waals surface area contributed by atoms with Crippen molar-refractivity contribution in [1.82, 2.24) is 0 Å². The number of hydrogen-bond acceptors (Lipinski definition) is 3. The van der Waals surface area contributed by atoms with Crippen LogP contribution in [0.4, 0.5) is 5.69 Å². The molecule has 1 amide bonds. The van der Waals surface area contributed by atoms with E-state index in [1.54, 1.807) is 13.2 Å². The molecule has 1 unspecified atom stereocenters. The number of amides is 1. The Kier molecular flexibility index (Phi) is 4.63. The van der Waals surface area contributed by atoms with E-state index >= 15 is 0 Å². The van der Waals surface area contributed by atoms with Gasteiger partial charge in [-0.1, -0.05) is 34.1 Å². The van der Waals surface area contributed by atoms with E-state index in [1.807, 2.05) is 42.5 Å². The van der Waals surface area contributed by atoms with E-state index in [4.69, 9.17) is 10.5 Å². The number of rotatable bonds is 5. The number of primary amides is 1. The Labute approximate surface area is 126 Å². The second-order valence-electron chi connectivity index (χ2n) is 4.23. The predicted octanol–water partition coefficient (Wildman–Crippen LogP) is 3.10. The van der Waals surface area contributed by atoms with Crippen molar-refractivity contribution in [2.24, 2.45) is 5.73 Å². The average molecular weight is 335 g/mol. The topological polar surface area (TPSA) is 64.3 Å². The van der Waals surface area contributed by atoms with Gasteiger partial charge in [0, 0.05) is 15.7 Å². The molecule has 2 aromatic rings. The number of halogens is 1. The largest absolute Gasteiger partial charge is 0.497 e. The summed E-state index contributed by atoms with van der Waals surface area (Å²) in [5, 5.41) is 3.13. The molecule has 0 radical (unpaired) electrons. The van der Waals surface area contributed by atoms with E-state index in [1.165, 1.54) is 0 Å². The summed E-state index contributed by atoms with van der Waals surface area (Å²) in [6.45, 7) is 0. The fourth-order valence-electron chi connectivity index (χ4n) is 1.87. The summed E-state index contributed by atoms with van der Waals surface area (Å²) in [4.78, 5) is 11.8. The van der Waals surface area contributed by atoms with Gasteiger partial charge in [-0.15, -0.1) is 0 Å². The molecule has 0 saturated heterocycles. The van der Waals surface area contributed by atoms with Gasteiger partial charge in [-0.25, -0.2) is 0 Å². The van der Waals surface area contributed by atoms with Crippen molar-refractivity contribution in [3.8, 4) is 5.75 Å². The third-order valence-electron chi connectivity index (χ3n) is 2.88. The number of anilines is 1. The van der Waals surface area contributed by atoms with Crippen LogP contribution < -0.4 is 15.8 Å². The monoisotopic (exact) mass is 334 g/mol. The van der Waals surface area contributed by atoms with Crippen molar-refractivity contribution < 1.29 is 9.53 Å². The summed E-state index contributed by atoms with van der Waals surface area (Å²) >= 11 is 3.44. The molecule has 0 aromatic heterocycles. The molecule has 20 heavy (non-hydrogen) atoms. The molecule has 104 valence electrons. The highest BCUT2D eigenvalue weighted by molar-refractivity contribution is 9.10. The molecule has 0 fully saturated rings. The third kappa shape index (κ3) is 3.30. The summed E-state index contributed by atoms with van der Waals surface area (Å²) in [6, 6.07) is 14.2. The number of carbonyl (C=O) groups excluding carboxylic acids is 1. The highest BCUT2D eigenvalue weighted by Gasteiger charge is 2.20. The van der Waals surface area contributed by atoms with Gasteiger partial charge in [0.05, 0.1) is 7.11 Å². The predicted molar refractivity (Wildman–Crippen MR) is 82.7 cm³/mol. The number of hydrogen-bond donors (Lipinski definition) is 2. The molecule has 0 saturated carbocycles. The molecular weight excluding hydrogens is 320 g/mol. The Morgan fingerprint density at radius 1 is 1.25 bits per heavy atom. The first-order valence-electron chi connectivity index (χ1n) is 6.06. The maximum absolute atomic E-state index is 11.8. The molecule has 0 heterocycles. The number of benzene rings is 2. The van der Waals surface area contributed by atoms with E-state index in [-0.39, 0.29) is 0 Å². The molecule has 0 bridgehead atoms. The summed E-state index contributed by atoms with van der Waals surface area (Å²) in [5.74, 6) is 0.215. The summed E-state index contributed by atoms with van der Waals surface area (Å²) in [6.07, 6.45) is 0. The van der Waals surface area contributed by atoms with Gasteiger partial charge < -0.3 is 15.8 Å². The molecule has 3 N–H and O–H groups in total. The zero-order valence-corrected chi connectivity index (χ0v) is 12.6. The fourth-order valence-corrected chi connectivity index (χ4v) is 2.35. The van der Waals surface area contributed by atoms with E-state index in [9.17, 15) is 4.79 Å². The number of nitrogens with one attached hydrogen (secondary N) is 1. The van der Waals surface area contributed by atoms with Gasteiger partial charge in [0.2, 0.25) is 5.91 Å². The average Bonchev–Trinajstić information content (AvgIpc) is 2.46. The van der Waals surface area contributed by atoms with E-state index in [0.717, 1.165) is 15.7 Å². The SMILES string of the molecule is COc1ccc(Br)c(C(Nc2ccccc2)C(N)=O)c1. The maximum atomic E-state index is 11.8. The van der Waals surface area contributed by atoms with Crippen molar-refractivity contribution in [2.45, 2.75) is 6.04 Å². The van der Waals surface area contributed by atoms with Crippen molar-refractivity contribution in [3.63, 3.8) is 0 Å². The Morgan fingerprint density at radius 3 is 2.55 bits per heavy atom. The first kappa shape index (κ1) is 14.4. The van der Waals surface area contributed by atoms with Crippen LogP contribution in [0.3, 0.4) is 0 Å². The van der Waals surface area contributed by atoms with E-state index in [2.05, 4.69) is 21.2 Å². The lowest BCUT2D eigenvalue weighted by Gasteiger charge is -2.19. The van der Waals surface area contributed by atoms with Gasteiger partial charge in [-0.3, -0.25) is 4.79 Å². The molecule has 2 rings (SSSR count). The van der Waals surface area contributed by atoms with E-state index < -0.39 is 11.9 Å². The van der Waals surface area contributed by atoms with Crippen LogP contribution in [-0.2, 0) is 4.79 Å². The highest BCUT2D eigenvalue weighted by Crippen LogP contribution is 2.30. The molecule has 0 aliphatic carbocycles. The van der Waals surface area contributed by atoms with Gasteiger partial charge >= 0.3 is 0 Å². The van der Waals surface area contributed by atoms with Crippen molar-refractivity contribution in [3.05, 3.63) is 58.6 Å². The van der Waals surface area contributed by atoms with E-state index in [0.29, 0.717) is 5.75 Å². The molecular formula is C15H15BrN2O2. The second-order valence-corrected chi connectivity index (χ2v) is 5.09. The zero-order valence-electron chi connectivity index (χ0n) is 11.0. The Hall–Kier alpha value is -2.01. The van der Waals surface area contributed by atoms with Gasteiger partial charge in [-0.2, -0.15) is 0 Å². The standard InChI is InChI=1S/C15H15BrN2O2/c1-20-11-7-8-13(16)12(9-11)14(15(17)19)18-10-5-3-2-4-6-10/h2-9,14,18H,1H3,(H2,17,19). The second kappa shape index (κ2) is 6.43. The normalized spacial score (nSPS) is 11.7. The molecule has 0 aliphatic heterocycles. The van der Waals surface area contributed by atoms with Crippen LogP contribution in [0.25, 0.3) is 0 Å². The van der Waals surface area contributed by atoms with Crippen molar-refractivity contribution in [2.75, 3.05) is 12.4 Å². The highest BCUT2D eigenvalue weighted by atomic mass is 79.9. The van der Waals surface area contributed by atoms with Crippen LogP contribution in [0.5, 0.6) is 5.75 Å². The number of nitrogens with two attached hydrogens (primary N) is 1. The molecule has 5 heteroatoms. The molecule has 0 spiro atoms. The van der Waals surface area contributed by atoms with Crippen LogP contribution in [0, 0.1) is 0 Å². The van der Waals surface area contributed by atoms with Crippen LogP contribution >= 0.6 is 15.9 Å². The molecule has 1 atom stereocenters. The van der Waals surface area contributed by atoms with Gasteiger partial charge in [0.15, 0.2) is 0 Å². The quantitative estimate of drug-likeness (QED) is 0.883. The van der Waals surface area contributed by atoms with Gasteiger partial charge in [0.1, 0.15) is 11.8 Å². The Bertz CT molecular complexity index is 602. The molecule has 4 nitrogen and oxygen atoms in total. The maximum Gasteiger partial charge on any atom is 0.244 e. The van der Waals surface area contributed by atoms with Gasteiger partial charge in [-0.05, 0) is 30.3 Å². The first-order valence-corrected chi connectivity index (χ1v) is 6.85. The third-order valence-corrected chi connectivity index (χ3v) is 3.61. The minimum absolute atomic E-state index is 0.456. The van der Waals surface area contributed by atoms with Crippen molar-refractivity contribution in [1.29, 1.82) is 0 Å². The van der Waals surface area contributed by atoms with Crippen LogP contribution in [0.2, 0.25) is 0 Å². The number of para-hydroxylation sites is 1. The number of methoxy groups -OCH3 is 1. The lowest BCUT2D eigenvalue weighted by molar-refractivity contribution is -0.118. The summed E-state index contributed by atoms with van der Waals surface area (Å²) in [5.41, 5.74) is 7.08. The van der Waals surface area contributed by atoms with Crippen molar-refractivity contribution >= 4 is 27.5 Å². The van der Waals surface area contributed by atoms with Crippen LogP contribution in [0.1, 0.15) is 11.6 Å². The lowest BCUT2D eigenvalue weighted by Crippen LogP contribution is -2.28. The minimum atomic E-state index is -0.637.